The Morgan fingerprint density at radius 3 is 2.85 bits per heavy atom. The summed E-state index contributed by atoms with van der Waals surface area (Å²) in [4.78, 5) is 2.50. The van der Waals surface area contributed by atoms with E-state index in [9.17, 15) is 0 Å². The van der Waals surface area contributed by atoms with E-state index < -0.39 is 0 Å². The van der Waals surface area contributed by atoms with Crippen LogP contribution in [0.4, 0.5) is 0 Å². The number of nitrogens with zero attached hydrogens (tertiary/aromatic N) is 2. The number of hydrogen-bond donors (Lipinski definition) is 1. The Morgan fingerprint density at radius 2 is 2.15 bits per heavy atom. The summed E-state index contributed by atoms with van der Waals surface area (Å²) in [5.41, 5.74) is 2.36. The van der Waals surface area contributed by atoms with Crippen molar-refractivity contribution in [3.05, 3.63) is 53.9 Å². The summed E-state index contributed by atoms with van der Waals surface area (Å²) in [6.07, 6.45) is 2.79. The molecule has 1 aromatic carbocycles. The topological polar surface area (TPSA) is 41.3 Å². The molecule has 0 bridgehead atoms. The summed E-state index contributed by atoms with van der Waals surface area (Å²) in [7, 11) is 0. The Balaban J connectivity index is 1.79. The highest BCUT2D eigenvalue weighted by Crippen LogP contribution is 2.25. The van der Waals surface area contributed by atoms with Crippen LogP contribution in [-0.4, -0.2) is 29.2 Å². The molecule has 106 valence electrons. The molecule has 1 aliphatic heterocycles. The number of rotatable bonds is 4. The summed E-state index contributed by atoms with van der Waals surface area (Å²) < 4.78 is 4.96. The van der Waals surface area contributed by atoms with Crippen LogP contribution in [0.3, 0.4) is 0 Å². The van der Waals surface area contributed by atoms with Gasteiger partial charge in [0.25, 0.3) is 0 Å². The average molecular weight is 271 g/mol. The van der Waals surface area contributed by atoms with E-state index in [2.05, 4.69) is 52.6 Å². The van der Waals surface area contributed by atoms with E-state index in [0.29, 0.717) is 12.1 Å². The number of nitrogens with one attached hydrogen (secondary N) is 1. The Morgan fingerprint density at radius 1 is 1.30 bits per heavy atom. The Bertz CT molecular complexity index is 512. The van der Waals surface area contributed by atoms with Crippen LogP contribution in [0.25, 0.3) is 0 Å². The van der Waals surface area contributed by atoms with Crippen LogP contribution in [-0.2, 0) is 6.54 Å². The van der Waals surface area contributed by atoms with Crippen molar-refractivity contribution < 1.29 is 4.52 Å². The molecule has 3 rings (SSSR count). The fourth-order valence-electron chi connectivity index (χ4n) is 2.86. The van der Waals surface area contributed by atoms with Crippen LogP contribution < -0.4 is 5.32 Å². The van der Waals surface area contributed by atoms with Gasteiger partial charge in [-0.3, -0.25) is 4.90 Å². The Kier molecular flexibility index (Phi) is 4.14. The molecule has 0 aliphatic carbocycles. The van der Waals surface area contributed by atoms with E-state index in [0.717, 1.165) is 31.7 Å². The molecule has 1 fully saturated rings. The number of piperazine rings is 1. The van der Waals surface area contributed by atoms with Crippen molar-refractivity contribution in [2.45, 2.75) is 32.0 Å². The van der Waals surface area contributed by atoms with Gasteiger partial charge in [0.2, 0.25) is 0 Å². The lowest BCUT2D eigenvalue weighted by Crippen LogP contribution is -2.51. The first-order valence-corrected chi connectivity index (χ1v) is 7.28. The van der Waals surface area contributed by atoms with E-state index in [1.807, 2.05) is 6.07 Å². The third-order valence-corrected chi connectivity index (χ3v) is 4.03. The summed E-state index contributed by atoms with van der Waals surface area (Å²) >= 11 is 0. The predicted molar refractivity (Wildman–Crippen MR) is 78.2 cm³/mol. The van der Waals surface area contributed by atoms with Gasteiger partial charge >= 0.3 is 0 Å². The van der Waals surface area contributed by atoms with Gasteiger partial charge in [-0.1, -0.05) is 42.4 Å². The number of hydrogen-bond acceptors (Lipinski definition) is 4. The van der Waals surface area contributed by atoms with E-state index in [1.165, 1.54) is 5.56 Å². The van der Waals surface area contributed by atoms with Gasteiger partial charge in [-0.2, -0.15) is 0 Å². The highest BCUT2D eigenvalue weighted by Gasteiger charge is 2.28. The second-order valence-electron chi connectivity index (χ2n) is 5.36. The minimum absolute atomic E-state index is 0.399. The lowest BCUT2D eigenvalue weighted by molar-refractivity contribution is 0.118. The van der Waals surface area contributed by atoms with Gasteiger partial charge in [0.15, 0.2) is 0 Å². The average Bonchev–Trinajstić information content (AvgIpc) is 3.01. The molecule has 0 saturated carbocycles. The van der Waals surface area contributed by atoms with Crippen LogP contribution in [0.1, 0.15) is 30.6 Å². The van der Waals surface area contributed by atoms with Crippen LogP contribution >= 0.6 is 0 Å². The maximum absolute atomic E-state index is 4.96. The van der Waals surface area contributed by atoms with Crippen molar-refractivity contribution in [3.8, 4) is 0 Å². The first kappa shape index (κ1) is 13.3. The smallest absolute Gasteiger partial charge is 0.124 e. The van der Waals surface area contributed by atoms with Crippen LogP contribution in [0.15, 0.2) is 47.2 Å². The van der Waals surface area contributed by atoms with Gasteiger partial charge in [0.1, 0.15) is 6.26 Å². The van der Waals surface area contributed by atoms with Crippen molar-refractivity contribution in [2.75, 3.05) is 13.1 Å². The fourth-order valence-corrected chi connectivity index (χ4v) is 2.86. The third-order valence-electron chi connectivity index (χ3n) is 4.03. The standard InChI is InChI=1S/C16H21N3O/c1-2-14-11-19(12-15-8-9-20-18-15)16(10-17-14)13-6-4-3-5-7-13/h3-9,14,16-17H,2,10-12H2,1H3. The molecule has 1 N–H and O–H groups in total. The maximum atomic E-state index is 4.96. The van der Waals surface area contributed by atoms with Gasteiger partial charge in [0.05, 0.1) is 5.69 Å². The molecule has 2 aromatic rings. The van der Waals surface area contributed by atoms with Crippen molar-refractivity contribution in [1.29, 1.82) is 0 Å². The van der Waals surface area contributed by atoms with Gasteiger partial charge < -0.3 is 9.84 Å². The van der Waals surface area contributed by atoms with Gasteiger partial charge in [-0.15, -0.1) is 0 Å². The lowest BCUT2D eigenvalue weighted by atomic mass is 10.00. The monoisotopic (exact) mass is 271 g/mol. The molecule has 1 aromatic heterocycles. The molecule has 1 aliphatic rings. The molecule has 2 heterocycles. The highest BCUT2D eigenvalue weighted by molar-refractivity contribution is 5.20. The van der Waals surface area contributed by atoms with E-state index in [4.69, 9.17) is 4.52 Å². The van der Waals surface area contributed by atoms with E-state index >= 15 is 0 Å². The summed E-state index contributed by atoms with van der Waals surface area (Å²) in [5.74, 6) is 0. The molecular weight excluding hydrogens is 250 g/mol. The van der Waals surface area contributed by atoms with Crippen molar-refractivity contribution in [2.24, 2.45) is 0 Å². The zero-order valence-corrected chi connectivity index (χ0v) is 11.8. The first-order chi connectivity index (χ1) is 9.86. The van der Waals surface area contributed by atoms with E-state index in [1.54, 1.807) is 6.26 Å². The quantitative estimate of drug-likeness (QED) is 0.928. The SMILES string of the molecule is CCC1CN(Cc2ccon2)C(c2ccccc2)CN1. The predicted octanol–water partition coefficient (Wildman–Crippen LogP) is 2.60. The maximum Gasteiger partial charge on any atom is 0.124 e. The minimum Gasteiger partial charge on any atom is -0.364 e. The summed E-state index contributed by atoms with van der Waals surface area (Å²) in [6, 6.07) is 13.6. The summed E-state index contributed by atoms with van der Waals surface area (Å²) in [6.45, 7) is 5.10. The van der Waals surface area contributed by atoms with Gasteiger partial charge in [0, 0.05) is 37.8 Å². The summed E-state index contributed by atoms with van der Waals surface area (Å²) in [5, 5.41) is 7.69. The van der Waals surface area contributed by atoms with E-state index in [-0.39, 0.29) is 0 Å². The molecule has 1 saturated heterocycles. The lowest BCUT2D eigenvalue weighted by Gasteiger charge is -2.40. The molecule has 20 heavy (non-hydrogen) atoms. The zero-order valence-electron chi connectivity index (χ0n) is 11.8. The van der Waals surface area contributed by atoms with Crippen molar-refractivity contribution in [1.82, 2.24) is 15.4 Å². The van der Waals surface area contributed by atoms with Gasteiger partial charge in [-0.05, 0) is 12.0 Å². The molecular formula is C16H21N3O. The zero-order chi connectivity index (χ0) is 13.8. The largest absolute Gasteiger partial charge is 0.364 e. The molecule has 0 radical (unpaired) electrons. The second kappa shape index (κ2) is 6.20. The third kappa shape index (κ3) is 2.92. The van der Waals surface area contributed by atoms with Crippen molar-refractivity contribution in [3.63, 3.8) is 0 Å². The van der Waals surface area contributed by atoms with Crippen molar-refractivity contribution >= 4 is 0 Å². The molecule has 4 heteroatoms. The minimum atomic E-state index is 0.399. The second-order valence-corrected chi connectivity index (χ2v) is 5.36. The molecule has 2 unspecified atom stereocenters. The molecule has 0 amide bonds. The number of aromatic nitrogens is 1. The highest BCUT2D eigenvalue weighted by atomic mass is 16.5. The van der Waals surface area contributed by atoms with Gasteiger partial charge in [-0.25, -0.2) is 0 Å². The number of benzene rings is 1. The van der Waals surface area contributed by atoms with Crippen LogP contribution in [0.2, 0.25) is 0 Å². The van der Waals surface area contributed by atoms with Crippen LogP contribution in [0, 0.1) is 0 Å². The first-order valence-electron chi connectivity index (χ1n) is 7.28. The molecule has 0 spiro atoms. The normalized spacial score (nSPS) is 23.9. The Labute approximate surface area is 119 Å². The fraction of sp³-hybridized carbons (Fsp3) is 0.438. The molecule has 4 nitrogen and oxygen atoms in total. The molecule has 2 atom stereocenters. The van der Waals surface area contributed by atoms with Crippen LogP contribution in [0.5, 0.6) is 0 Å². The Hall–Kier alpha value is -1.65.